The van der Waals surface area contributed by atoms with Gasteiger partial charge in [0.15, 0.2) is 17.6 Å². The minimum Gasteiger partial charge on any atom is -0.493 e. The number of benzene rings is 1. The summed E-state index contributed by atoms with van der Waals surface area (Å²) in [6, 6.07) is 3.88. The molecule has 0 unspecified atom stereocenters. The normalized spacial score (nSPS) is 16.1. The van der Waals surface area contributed by atoms with Crippen LogP contribution in [0.3, 0.4) is 0 Å². The minimum atomic E-state index is -2.18. The highest BCUT2D eigenvalue weighted by molar-refractivity contribution is 5.80. The average Bonchev–Trinajstić information content (AvgIpc) is 2.58. The molecular formula is C14H18O9. The van der Waals surface area contributed by atoms with Crippen molar-refractivity contribution in [3.05, 3.63) is 23.8 Å². The van der Waals surface area contributed by atoms with Gasteiger partial charge in [0.1, 0.15) is 24.6 Å². The summed E-state index contributed by atoms with van der Waals surface area (Å²) < 4.78 is 9.77. The smallest absolute Gasteiger partial charge is 0.343 e. The van der Waals surface area contributed by atoms with Gasteiger partial charge in [-0.1, -0.05) is 0 Å². The Labute approximate surface area is 131 Å². The maximum absolute atomic E-state index is 11.8. The summed E-state index contributed by atoms with van der Waals surface area (Å²) in [6.45, 7) is -0.874. The molecule has 0 amide bonds. The van der Waals surface area contributed by atoms with Crippen LogP contribution in [0.25, 0.3) is 0 Å². The van der Waals surface area contributed by atoms with Gasteiger partial charge in [0.25, 0.3) is 0 Å². The molecule has 0 saturated carbocycles. The third kappa shape index (κ3) is 4.71. The van der Waals surface area contributed by atoms with Crippen molar-refractivity contribution in [3.63, 3.8) is 0 Å². The van der Waals surface area contributed by atoms with E-state index in [1.807, 2.05) is 0 Å². The highest BCUT2D eigenvalue weighted by atomic mass is 16.6. The highest BCUT2D eigenvalue weighted by Crippen LogP contribution is 2.28. The van der Waals surface area contributed by atoms with E-state index in [2.05, 4.69) is 0 Å². The van der Waals surface area contributed by atoms with Crippen molar-refractivity contribution in [2.45, 2.75) is 24.4 Å². The first-order valence-corrected chi connectivity index (χ1v) is 6.53. The van der Waals surface area contributed by atoms with Crippen LogP contribution in [0.5, 0.6) is 11.5 Å². The van der Waals surface area contributed by atoms with Crippen LogP contribution in [0.15, 0.2) is 18.2 Å². The molecule has 0 aliphatic carbocycles. The van der Waals surface area contributed by atoms with E-state index >= 15 is 0 Å². The van der Waals surface area contributed by atoms with Crippen LogP contribution in [-0.2, 0) is 4.79 Å². The summed E-state index contributed by atoms with van der Waals surface area (Å²) >= 11 is 0. The number of aliphatic hydroxyl groups excluding tert-OH is 5. The van der Waals surface area contributed by atoms with Crippen LogP contribution < -0.4 is 9.47 Å². The van der Waals surface area contributed by atoms with Crippen LogP contribution in [0.1, 0.15) is 10.4 Å². The molecule has 0 aromatic heterocycles. The van der Waals surface area contributed by atoms with Crippen molar-refractivity contribution in [1.82, 2.24) is 0 Å². The largest absolute Gasteiger partial charge is 0.493 e. The van der Waals surface area contributed by atoms with E-state index in [0.717, 1.165) is 0 Å². The maximum atomic E-state index is 11.8. The third-order valence-corrected chi connectivity index (χ3v) is 3.03. The Bertz CT molecular complexity index is 545. The van der Waals surface area contributed by atoms with Gasteiger partial charge < -0.3 is 35.0 Å². The number of carbonyl (C=O) groups excluding carboxylic acids is 2. The Kier molecular flexibility index (Phi) is 7.07. The zero-order chi connectivity index (χ0) is 17.6. The van der Waals surface area contributed by atoms with Crippen molar-refractivity contribution < 1.29 is 44.6 Å². The standard InChI is InChI=1S/C14H18O9/c1-22-10-4-7(5-15)2-3-9(10)23-14(21)13(20)12(19)11(18)8(17)6-16/h2-5,8,11-13,16-20H,6H2,1H3/t8-,11-,12+,13-/m1/s1. The van der Waals surface area contributed by atoms with Crippen LogP contribution in [-0.4, -0.2) is 75.9 Å². The molecule has 4 atom stereocenters. The molecule has 0 spiro atoms. The van der Waals surface area contributed by atoms with Gasteiger partial charge >= 0.3 is 5.97 Å². The van der Waals surface area contributed by atoms with Crippen LogP contribution >= 0.6 is 0 Å². The summed E-state index contributed by atoms with van der Waals surface area (Å²) in [7, 11) is 1.27. The number of methoxy groups -OCH3 is 1. The summed E-state index contributed by atoms with van der Waals surface area (Å²) in [5, 5.41) is 46.5. The molecule has 5 N–H and O–H groups in total. The summed E-state index contributed by atoms with van der Waals surface area (Å²) in [5.41, 5.74) is 0.267. The zero-order valence-corrected chi connectivity index (χ0v) is 12.2. The van der Waals surface area contributed by atoms with Gasteiger partial charge in [0.2, 0.25) is 0 Å². The highest BCUT2D eigenvalue weighted by Gasteiger charge is 2.35. The molecule has 0 bridgehead atoms. The molecule has 0 aliphatic rings. The number of rotatable bonds is 8. The monoisotopic (exact) mass is 330 g/mol. The molecule has 0 radical (unpaired) electrons. The third-order valence-electron chi connectivity index (χ3n) is 3.03. The number of aliphatic hydroxyl groups is 5. The molecular weight excluding hydrogens is 312 g/mol. The Morgan fingerprint density at radius 1 is 1.17 bits per heavy atom. The van der Waals surface area contributed by atoms with Crippen molar-refractivity contribution in [2.24, 2.45) is 0 Å². The fraction of sp³-hybridized carbons (Fsp3) is 0.429. The lowest BCUT2D eigenvalue weighted by molar-refractivity contribution is -0.161. The van der Waals surface area contributed by atoms with Crippen molar-refractivity contribution in [2.75, 3.05) is 13.7 Å². The molecule has 9 heteroatoms. The Morgan fingerprint density at radius 2 is 1.83 bits per heavy atom. The van der Waals surface area contributed by atoms with Gasteiger partial charge in [-0.25, -0.2) is 4.79 Å². The predicted molar refractivity (Wildman–Crippen MR) is 75.1 cm³/mol. The SMILES string of the molecule is COc1cc(C=O)ccc1OC(=O)[C@H](O)[C@@H](O)[C@H](O)[C@H](O)CO. The average molecular weight is 330 g/mol. The fourth-order valence-electron chi connectivity index (χ4n) is 1.67. The quantitative estimate of drug-likeness (QED) is 0.204. The Morgan fingerprint density at radius 3 is 2.35 bits per heavy atom. The number of aldehydes is 1. The van der Waals surface area contributed by atoms with Crippen LogP contribution in [0, 0.1) is 0 Å². The second-order valence-corrected chi connectivity index (χ2v) is 4.63. The molecule has 9 nitrogen and oxygen atoms in total. The van der Waals surface area contributed by atoms with E-state index in [1.165, 1.54) is 25.3 Å². The van der Waals surface area contributed by atoms with Crippen molar-refractivity contribution >= 4 is 12.3 Å². The van der Waals surface area contributed by atoms with Gasteiger partial charge in [-0.2, -0.15) is 0 Å². The van der Waals surface area contributed by atoms with E-state index in [4.69, 9.17) is 14.6 Å². The zero-order valence-electron chi connectivity index (χ0n) is 12.2. The first-order valence-electron chi connectivity index (χ1n) is 6.53. The van der Waals surface area contributed by atoms with E-state index in [1.54, 1.807) is 0 Å². The first kappa shape index (κ1) is 19.0. The number of esters is 1. The Hall–Kier alpha value is -2.04. The lowest BCUT2D eigenvalue weighted by Gasteiger charge is -2.24. The van der Waals surface area contributed by atoms with E-state index in [0.29, 0.717) is 6.29 Å². The van der Waals surface area contributed by atoms with Gasteiger partial charge in [0, 0.05) is 5.56 Å². The molecule has 23 heavy (non-hydrogen) atoms. The first-order chi connectivity index (χ1) is 10.8. The molecule has 0 aliphatic heterocycles. The molecule has 0 fully saturated rings. The van der Waals surface area contributed by atoms with E-state index in [-0.39, 0.29) is 17.1 Å². The number of hydrogen-bond acceptors (Lipinski definition) is 9. The Balaban J connectivity index is 2.84. The van der Waals surface area contributed by atoms with Crippen molar-refractivity contribution in [3.8, 4) is 11.5 Å². The fourth-order valence-corrected chi connectivity index (χ4v) is 1.67. The number of hydrogen-bond donors (Lipinski definition) is 5. The predicted octanol–water partition coefficient (Wildman–Crippen LogP) is -2.15. The number of carbonyl (C=O) groups is 2. The lowest BCUT2D eigenvalue weighted by atomic mass is 10.0. The van der Waals surface area contributed by atoms with E-state index in [9.17, 15) is 30.0 Å². The number of ether oxygens (including phenoxy) is 2. The minimum absolute atomic E-state index is 0.0422. The van der Waals surface area contributed by atoms with Gasteiger partial charge in [-0.05, 0) is 18.2 Å². The molecule has 0 heterocycles. The molecule has 128 valence electrons. The van der Waals surface area contributed by atoms with Gasteiger partial charge in [0.05, 0.1) is 13.7 Å². The van der Waals surface area contributed by atoms with E-state index < -0.39 is 37.0 Å². The summed E-state index contributed by atoms with van der Waals surface area (Å²) in [5.74, 6) is -1.40. The second kappa shape index (κ2) is 8.56. The topological polar surface area (TPSA) is 154 Å². The maximum Gasteiger partial charge on any atom is 0.343 e. The second-order valence-electron chi connectivity index (χ2n) is 4.63. The molecule has 0 saturated heterocycles. The molecule has 1 rings (SSSR count). The van der Waals surface area contributed by atoms with Crippen LogP contribution in [0.4, 0.5) is 0 Å². The lowest BCUT2D eigenvalue weighted by Crippen LogP contribution is -2.49. The molecule has 1 aromatic rings. The van der Waals surface area contributed by atoms with Gasteiger partial charge in [-0.3, -0.25) is 4.79 Å². The van der Waals surface area contributed by atoms with Gasteiger partial charge in [-0.15, -0.1) is 0 Å². The summed E-state index contributed by atoms with van der Waals surface area (Å²) in [6.07, 6.45) is -7.40. The van der Waals surface area contributed by atoms with Crippen LogP contribution in [0.2, 0.25) is 0 Å². The molecule has 1 aromatic carbocycles. The van der Waals surface area contributed by atoms with Crippen molar-refractivity contribution in [1.29, 1.82) is 0 Å². The summed E-state index contributed by atoms with van der Waals surface area (Å²) in [4.78, 5) is 22.4.